The number of carboxylic acids is 1. The quantitative estimate of drug-likeness (QED) is 0.861. The summed E-state index contributed by atoms with van der Waals surface area (Å²) < 4.78 is 0. The number of aryl methyl sites for hydroxylation is 1. The monoisotopic (exact) mass is 268 g/mol. The van der Waals surface area contributed by atoms with E-state index in [1.165, 1.54) is 0 Å². The lowest BCUT2D eigenvalue weighted by Crippen LogP contribution is -2.37. The molecule has 1 aromatic rings. The van der Waals surface area contributed by atoms with Crippen LogP contribution < -0.4 is 0 Å². The lowest BCUT2D eigenvalue weighted by molar-refractivity contribution is -0.145. The van der Waals surface area contributed by atoms with Gasteiger partial charge < -0.3 is 10.2 Å². The van der Waals surface area contributed by atoms with Crippen molar-refractivity contribution >= 4 is 17.6 Å². The summed E-state index contributed by atoms with van der Waals surface area (Å²) >= 11 is 6.03. The highest BCUT2D eigenvalue weighted by Crippen LogP contribution is 2.45. The Morgan fingerprint density at radius 2 is 1.89 bits per heavy atom. The maximum Gasteiger partial charge on any atom is 0.314 e. The fourth-order valence-electron chi connectivity index (χ4n) is 2.81. The third-order valence-electron chi connectivity index (χ3n) is 3.94. The molecule has 1 saturated carbocycles. The van der Waals surface area contributed by atoms with Crippen LogP contribution in [0.5, 0.6) is 5.75 Å². The standard InChI is InChI=1S/C14H17ClO3/c1-9-5-6-10(12(16)11(9)15)14(13(17)18)7-3-2-4-8-14/h5-6,16H,2-4,7-8H2,1H3,(H,17,18). The van der Waals surface area contributed by atoms with Gasteiger partial charge in [0.15, 0.2) is 0 Å². The van der Waals surface area contributed by atoms with Crippen molar-refractivity contribution in [3.8, 4) is 5.75 Å². The first-order valence-electron chi connectivity index (χ1n) is 6.21. The van der Waals surface area contributed by atoms with E-state index < -0.39 is 11.4 Å². The molecular weight excluding hydrogens is 252 g/mol. The summed E-state index contributed by atoms with van der Waals surface area (Å²) in [5.41, 5.74) is 0.249. The molecule has 0 heterocycles. The van der Waals surface area contributed by atoms with Gasteiger partial charge in [-0.3, -0.25) is 4.79 Å². The van der Waals surface area contributed by atoms with Crippen LogP contribution in [-0.2, 0) is 10.2 Å². The smallest absolute Gasteiger partial charge is 0.314 e. The van der Waals surface area contributed by atoms with Gasteiger partial charge in [-0.2, -0.15) is 0 Å². The second-order valence-electron chi connectivity index (χ2n) is 5.04. The summed E-state index contributed by atoms with van der Waals surface area (Å²) in [7, 11) is 0. The number of aliphatic carboxylic acids is 1. The summed E-state index contributed by atoms with van der Waals surface area (Å²) in [6.45, 7) is 1.79. The van der Waals surface area contributed by atoms with Gasteiger partial charge in [0.1, 0.15) is 5.75 Å². The Balaban J connectivity index is 2.56. The zero-order chi connectivity index (χ0) is 13.3. The van der Waals surface area contributed by atoms with Crippen LogP contribution in [0.25, 0.3) is 0 Å². The van der Waals surface area contributed by atoms with E-state index in [-0.39, 0.29) is 10.8 Å². The van der Waals surface area contributed by atoms with Crippen molar-refractivity contribution in [2.45, 2.75) is 44.4 Å². The molecule has 98 valence electrons. The van der Waals surface area contributed by atoms with Crippen molar-refractivity contribution in [3.63, 3.8) is 0 Å². The minimum absolute atomic E-state index is 0.0685. The van der Waals surface area contributed by atoms with Crippen LogP contribution >= 0.6 is 11.6 Å². The molecule has 0 radical (unpaired) electrons. The molecule has 0 bridgehead atoms. The lowest BCUT2D eigenvalue weighted by atomic mass is 9.69. The van der Waals surface area contributed by atoms with Crippen LogP contribution in [0, 0.1) is 6.92 Å². The summed E-state index contributed by atoms with van der Waals surface area (Å²) in [5, 5.41) is 20.0. The van der Waals surface area contributed by atoms with Crippen molar-refractivity contribution in [1.29, 1.82) is 0 Å². The molecule has 4 heteroatoms. The van der Waals surface area contributed by atoms with E-state index in [0.29, 0.717) is 18.4 Å². The molecule has 0 aromatic heterocycles. The highest BCUT2D eigenvalue weighted by molar-refractivity contribution is 6.33. The van der Waals surface area contributed by atoms with Gasteiger partial charge in [0.05, 0.1) is 10.4 Å². The SMILES string of the molecule is Cc1ccc(C2(C(=O)O)CCCCC2)c(O)c1Cl. The molecule has 0 atom stereocenters. The van der Waals surface area contributed by atoms with Crippen LogP contribution in [0.2, 0.25) is 5.02 Å². The van der Waals surface area contributed by atoms with Gasteiger partial charge in [0.2, 0.25) is 0 Å². The second kappa shape index (κ2) is 4.81. The molecule has 2 rings (SSSR count). The second-order valence-corrected chi connectivity index (χ2v) is 5.42. The molecule has 1 aliphatic rings. The topological polar surface area (TPSA) is 57.5 Å². The molecule has 0 saturated heterocycles. The van der Waals surface area contributed by atoms with Crippen molar-refractivity contribution in [2.24, 2.45) is 0 Å². The number of benzene rings is 1. The highest BCUT2D eigenvalue weighted by Gasteiger charge is 2.43. The predicted molar refractivity (Wildman–Crippen MR) is 70.3 cm³/mol. The number of carboxylic acid groups (broad SMARTS) is 1. The van der Waals surface area contributed by atoms with Crippen molar-refractivity contribution in [1.82, 2.24) is 0 Å². The number of halogens is 1. The number of phenols is 1. The van der Waals surface area contributed by atoms with Gasteiger partial charge in [0, 0.05) is 5.56 Å². The molecule has 2 N–H and O–H groups in total. The third kappa shape index (κ3) is 1.97. The van der Waals surface area contributed by atoms with Crippen molar-refractivity contribution < 1.29 is 15.0 Å². The Bertz CT molecular complexity index is 476. The molecule has 0 spiro atoms. The van der Waals surface area contributed by atoms with E-state index >= 15 is 0 Å². The average Bonchev–Trinajstić information content (AvgIpc) is 2.37. The number of hydrogen-bond donors (Lipinski definition) is 2. The lowest BCUT2D eigenvalue weighted by Gasteiger charge is -2.34. The fraction of sp³-hybridized carbons (Fsp3) is 0.500. The Kier molecular flexibility index (Phi) is 3.53. The zero-order valence-electron chi connectivity index (χ0n) is 10.4. The maximum atomic E-state index is 11.7. The first-order chi connectivity index (χ1) is 8.49. The van der Waals surface area contributed by atoms with E-state index in [2.05, 4.69) is 0 Å². The van der Waals surface area contributed by atoms with E-state index in [1.807, 2.05) is 0 Å². The molecule has 0 amide bonds. The van der Waals surface area contributed by atoms with E-state index in [4.69, 9.17) is 11.6 Å². The van der Waals surface area contributed by atoms with Crippen LogP contribution in [-0.4, -0.2) is 16.2 Å². The summed E-state index contributed by atoms with van der Waals surface area (Å²) in [5.74, 6) is -0.932. The molecule has 0 aliphatic heterocycles. The number of hydrogen-bond acceptors (Lipinski definition) is 2. The fourth-order valence-corrected chi connectivity index (χ4v) is 2.97. The first-order valence-corrected chi connectivity index (χ1v) is 6.59. The Morgan fingerprint density at radius 1 is 1.28 bits per heavy atom. The Hall–Kier alpha value is -1.22. The van der Waals surface area contributed by atoms with Gasteiger partial charge >= 0.3 is 5.97 Å². The van der Waals surface area contributed by atoms with Gasteiger partial charge in [-0.15, -0.1) is 0 Å². The molecular formula is C14H17ClO3. The van der Waals surface area contributed by atoms with Crippen molar-refractivity contribution in [2.75, 3.05) is 0 Å². The van der Waals surface area contributed by atoms with E-state index in [0.717, 1.165) is 24.8 Å². The molecule has 18 heavy (non-hydrogen) atoms. The minimum Gasteiger partial charge on any atom is -0.506 e. The summed E-state index contributed by atoms with van der Waals surface area (Å²) in [6, 6.07) is 3.48. The molecule has 1 aliphatic carbocycles. The van der Waals surface area contributed by atoms with Gasteiger partial charge in [-0.05, 0) is 25.3 Å². The van der Waals surface area contributed by atoms with Gasteiger partial charge in [0.25, 0.3) is 0 Å². The number of rotatable bonds is 2. The zero-order valence-corrected chi connectivity index (χ0v) is 11.1. The molecule has 0 unspecified atom stereocenters. The van der Waals surface area contributed by atoms with E-state index in [9.17, 15) is 15.0 Å². The Morgan fingerprint density at radius 3 is 2.44 bits per heavy atom. The van der Waals surface area contributed by atoms with Crippen LogP contribution in [0.1, 0.15) is 43.2 Å². The van der Waals surface area contributed by atoms with Crippen LogP contribution in [0.3, 0.4) is 0 Å². The highest BCUT2D eigenvalue weighted by atomic mass is 35.5. The van der Waals surface area contributed by atoms with Crippen LogP contribution in [0.15, 0.2) is 12.1 Å². The third-order valence-corrected chi connectivity index (χ3v) is 4.42. The largest absolute Gasteiger partial charge is 0.506 e. The summed E-state index contributed by atoms with van der Waals surface area (Å²) in [4.78, 5) is 11.7. The number of phenolic OH excluding ortho intramolecular Hbond substituents is 1. The first kappa shape index (κ1) is 13.2. The molecule has 3 nitrogen and oxygen atoms in total. The Labute approximate surface area is 111 Å². The normalized spacial score (nSPS) is 18.6. The van der Waals surface area contributed by atoms with E-state index in [1.54, 1.807) is 19.1 Å². The average molecular weight is 269 g/mol. The number of carbonyl (C=O) groups is 1. The van der Waals surface area contributed by atoms with Gasteiger partial charge in [-0.1, -0.05) is 43.0 Å². The minimum atomic E-state index is -0.973. The van der Waals surface area contributed by atoms with Crippen molar-refractivity contribution in [3.05, 3.63) is 28.3 Å². The summed E-state index contributed by atoms with van der Waals surface area (Å²) in [6.07, 6.45) is 3.93. The molecule has 1 fully saturated rings. The predicted octanol–water partition coefficient (Wildman–Crippen LogP) is 3.64. The maximum absolute atomic E-state index is 11.7. The van der Waals surface area contributed by atoms with Gasteiger partial charge in [-0.25, -0.2) is 0 Å². The molecule has 1 aromatic carbocycles. The van der Waals surface area contributed by atoms with Crippen LogP contribution in [0.4, 0.5) is 0 Å². The number of aromatic hydroxyl groups is 1.